The van der Waals surface area contributed by atoms with E-state index in [0.717, 1.165) is 44.9 Å². The topological polar surface area (TPSA) is 108 Å². The lowest BCUT2D eigenvalue weighted by molar-refractivity contribution is -0.870. The zero-order valence-electron chi connectivity index (χ0n) is 55.0. The first-order valence-electron chi connectivity index (χ1n) is 35.9. The number of carbonyl (C=O) groups is 1. The first-order valence-corrected chi connectivity index (χ1v) is 37.3. The van der Waals surface area contributed by atoms with E-state index in [1.807, 2.05) is 27.2 Å². The molecule has 0 aromatic carbocycles. The first kappa shape index (κ1) is 79.7. The van der Waals surface area contributed by atoms with Crippen LogP contribution >= 0.6 is 7.82 Å². The van der Waals surface area contributed by atoms with Gasteiger partial charge in [-0.2, -0.15) is 0 Å². The van der Waals surface area contributed by atoms with E-state index in [1.165, 1.54) is 302 Å². The lowest BCUT2D eigenvalue weighted by Gasteiger charge is -2.29. The smallest absolute Gasteiger partial charge is 0.268 e. The van der Waals surface area contributed by atoms with E-state index in [1.54, 1.807) is 6.08 Å². The van der Waals surface area contributed by atoms with Gasteiger partial charge >= 0.3 is 0 Å². The summed E-state index contributed by atoms with van der Waals surface area (Å²) in [6, 6.07) is -0.910. The normalized spacial score (nSPS) is 13.8. The van der Waals surface area contributed by atoms with Crippen molar-refractivity contribution >= 4 is 13.7 Å². The van der Waals surface area contributed by atoms with Gasteiger partial charge in [-0.25, -0.2) is 0 Å². The maximum Gasteiger partial charge on any atom is 0.268 e. The Kier molecular flexibility index (Phi) is 62.2. The maximum absolute atomic E-state index is 13.0. The summed E-state index contributed by atoms with van der Waals surface area (Å²) in [4.78, 5) is 25.6. The molecule has 0 fully saturated rings. The number of aliphatic hydroxyl groups excluding tert-OH is 1. The number of carbonyl (C=O) groups excluding carboxylic acids is 1. The molecule has 1 amide bonds. The summed E-state index contributed by atoms with van der Waals surface area (Å²) >= 11 is 0. The van der Waals surface area contributed by atoms with Crippen LogP contribution in [0.4, 0.5) is 0 Å². The summed E-state index contributed by atoms with van der Waals surface area (Å²) in [5.74, 6) is -0.203. The predicted octanol–water partition coefficient (Wildman–Crippen LogP) is 22.2. The molecule has 0 heterocycles. The fourth-order valence-corrected chi connectivity index (χ4v) is 11.7. The number of hydrogen-bond acceptors (Lipinski definition) is 6. The number of nitrogens with zero attached hydrogens (tertiary/aromatic N) is 1. The van der Waals surface area contributed by atoms with Crippen molar-refractivity contribution in [2.45, 2.75) is 379 Å². The summed E-state index contributed by atoms with van der Waals surface area (Å²) in [5, 5.41) is 13.9. The van der Waals surface area contributed by atoms with E-state index < -0.39 is 26.6 Å². The third-order valence-corrected chi connectivity index (χ3v) is 17.5. The minimum Gasteiger partial charge on any atom is -0.756 e. The quantitative estimate of drug-likeness (QED) is 0.0272. The molecule has 2 N–H and O–H groups in total. The average Bonchev–Trinajstić information content (AvgIpc) is 3.43. The molecule has 0 aliphatic heterocycles. The molecule has 0 aliphatic rings. The summed E-state index contributed by atoms with van der Waals surface area (Å²) in [6.07, 6.45) is 84.3. The number of aliphatic hydroxyl groups is 1. The molecule has 3 unspecified atom stereocenters. The Bertz CT molecular complexity index is 1410. The van der Waals surface area contributed by atoms with Gasteiger partial charge in [0, 0.05) is 6.42 Å². The van der Waals surface area contributed by atoms with E-state index in [9.17, 15) is 19.4 Å². The van der Waals surface area contributed by atoms with Crippen LogP contribution in [0.1, 0.15) is 367 Å². The van der Waals surface area contributed by atoms with Crippen LogP contribution in [0.25, 0.3) is 0 Å². The van der Waals surface area contributed by atoms with Crippen LogP contribution < -0.4 is 10.2 Å². The van der Waals surface area contributed by atoms with Gasteiger partial charge in [0.2, 0.25) is 5.91 Å². The van der Waals surface area contributed by atoms with Gasteiger partial charge in [0.15, 0.2) is 0 Å². The van der Waals surface area contributed by atoms with Crippen molar-refractivity contribution < 1.29 is 32.9 Å². The van der Waals surface area contributed by atoms with Crippen molar-refractivity contribution in [1.82, 2.24) is 5.32 Å². The van der Waals surface area contributed by atoms with Crippen LogP contribution in [0, 0.1) is 0 Å². The summed E-state index contributed by atoms with van der Waals surface area (Å²) in [5.41, 5.74) is 0. The van der Waals surface area contributed by atoms with Crippen LogP contribution in [0.3, 0.4) is 0 Å². The molecular weight excluding hydrogens is 1020 g/mol. The zero-order valence-corrected chi connectivity index (χ0v) is 55.9. The highest BCUT2D eigenvalue weighted by atomic mass is 31.2. The van der Waals surface area contributed by atoms with E-state index >= 15 is 0 Å². The number of unbranched alkanes of at least 4 members (excludes halogenated alkanes) is 50. The molecule has 81 heavy (non-hydrogen) atoms. The Hall–Kier alpha value is -1.28. The molecule has 0 bridgehead atoms. The second kappa shape index (κ2) is 63.2. The summed E-state index contributed by atoms with van der Waals surface area (Å²) < 4.78 is 23.4. The SMILES string of the molecule is CCCCCCCCCCCCCCCCCCCCCCCC/C=C/CC/C=C/CC/C=C/C(O)C(COP(=O)([O-])OCC[N+](C)(C)C)NC(=O)CCCCCCCCCCCCCCCCCCCCCCCCCCCCC. The van der Waals surface area contributed by atoms with Gasteiger partial charge in [-0.1, -0.05) is 352 Å². The molecule has 3 atom stereocenters. The Morgan fingerprint density at radius 1 is 0.420 bits per heavy atom. The van der Waals surface area contributed by atoms with Gasteiger partial charge in [-0.3, -0.25) is 9.36 Å². The summed E-state index contributed by atoms with van der Waals surface area (Å²) in [7, 11) is 1.25. The highest BCUT2D eigenvalue weighted by molar-refractivity contribution is 7.45. The highest BCUT2D eigenvalue weighted by Crippen LogP contribution is 2.38. The van der Waals surface area contributed by atoms with Crippen molar-refractivity contribution in [2.75, 3.05) is 40.9 Å². The van der Waals surface area contributed by atoms with Gasteiger partial charge < -0.3 is 28.8 Å². The number of rotatable bonds is 67. The molecule has 0 aromatic rings. The summed E-state index contributed by atoms with van der Waals surface area (Å²) in [6.45, 7) is 4.68. The van der Waals surface area contributed by atoms with E-state index in [-0.39, 0.29) is 12.5 Å². The molecule has 0 aliphatic carbocycles. The van der Waals surface area contributed by atoms with Gasteiger partial charge in [0.25, 0.3) is 7.82 Å². The minimum atomic E-state index is -4.61. The molecule has 0 saturated carbocycles. The van der Waals surface area contributed by atoms with E-state index in [4.69, 9.17) is 9.05 Å². The largest absolute Gasteiger partial charge is 0.756 e. The third kappa shape index (κ3) is 66.1. The molecule has 0 saturated heterocycles. The Morgan fingerprint density at radius 2 is 0.691 bits per heavy atom. The molecular formula is C72H141N2O6P. The molecule has 0 spiro atoms. The van der Waals surface area contributed by atoms with Gasteiger partial charge in [-0.15, -0.1) is 0 Å². The lowest BCUT2D eigenvalue weighted by atomic mass is 10.0. The van der Waals surface area contributed by atoms with Crippen LogP contribution in [0.15, 0.2) is 36.5 Å². The Labute approximate surface area is 506 Å². The van der Waals surface area contributed by atoms with Crippen LogP contribution in [0.5, 0.6) is 0 Å². The minimum absolute atomic E-state index is 0.00705. The number of phosphoric ester groups is 1. The molecule has 8 nitrogen and oxygen atoms in total. The van der Waals surface area contributed by atoms with Crippen LogP contribution in [0.2, 0.25) is 0 Å². The monoisotopic (exact) mass is 1160 g/mol. The van der Waals surface area contributed by atoms with E-state index in [0.29, 0.717) is 17.4 Å². The highest BCUT2D eigenvalue weighted by Gasteiger charge is 2.23. The molecule has 480 valence electrons. The van der Waals surface area contributed by atoms with Crippen LogP contribution in [-0.4, -0.2) is 68.5 Å². The van der Waals surface area contributed by atoms with E-state index in [2.05, 4.69) is 43.5 Å². The molecule has 9 heteroatoms. The van der Waals surface area contributed by atoms with Crippen molar-refractivity contribution in [2.24, 2.45) is 0 Å². The number of phosphoric acid groups is 1. The second-order valence-corrected chi connectivity index (χ2v) is 27.3. The van der Waals surface area contributed by atoms with Crippen molar-refractivity contribution in [3.05, 3.63) is 36.5 Å². The number of amides is 1. The second-order valence-electron chi connectivity index (χ2n) is 25.9. The van der Waals surface area contributed by atoms with Gasteiger partial charge in [0.1, 0.15) is 13.2 Å². The van der Waals surface area contributed by atoms with Gasteiger partial charge in [-0.05, 0) is 44.9 Å². The first-order chi connectivity index (χ1) is 39.5. The van der Waals surface area contributed by atoms with Crippen LogP contribution in [-0.2, 0) is 18.4 Å². The average molecular weight is 1160 g/mol. The number of allylic oxidation sites excluding steroid dienone is 5. The molecule has 0 rings (SSSR count). The van der Waals surface area contributed by atoms with Crippen molar-refractivity contribution in [3.63, 3.8) is 0 Å². The molecule has 0 aromatic heterocycles. The number of hydrogen-bond donors (Lipinski definition) is 2. The fraction of sp³-hybridized carbons (Fsp3) is 0.903. The Morgan fingerprint density at radius 3 is 1.00 bits per heavy atom. The van der Waals surface area contributed by atoms with Crippen molar-refractivity contribution in [3.8, 4) is 0 Å². The molecule has 0 radical (unpaired) electrons. The number of quaternary nitrogens is 1. The fourth-order valence-electron chi connectivity index (χ4n) is 11.0. The number of nitrogens with one attached hydrogen (secondary N) is 1. The third-order valence-electron chi connectivity index (χ3n) is 16.6. The number of likely N-dealkylation sites (N-methyl/N-ethyl adjacent to an activating group) is 1. The lowest BCUT2D eigenvalue weighted by Crippen LogP contribution is -2.45. The van der Waals surface area contributed by atoms with Gasteiger partial charge in [0.05, 0.1) is 39.9 Å². The standard InChI is InChI=1S/C72H141N2O6P/c1-6-8-10-12-14-16-18-20-22-24-26-28-30-32-34-35-36-37-38-40-41-43-45-47-49-51-53-55-57-59-61-63-65-71(75)70(69-80-81(77,78)79-68-67-74(3,4)5)73-72(76)66-64-62-60-58-56-54-52-50-48-46-44-42-39-33-31-29-27-25-23-21-19-17-15-13-11-9-7-2/h47,49,55,57,63,65,70-71,75H,6-46,48,50-54,56,58-62,64,66-69H2,1-5H3,(H-,73,76,77,78)/b49-47+,57-55+,65-63+. The maximum atomic E-state index is 13.0. The zero-order chi connectivity index (χ0) is 59.1. The Balaban J connectivity index is 4.09. The van der Waals surface area contributed by atoms with Crippen molar-refractivity contribution in [1.29, 1.82) is 0 Å². The predicted molar refractivity (Wildman–Crippen MR) is 353 cm³/mol.